The van der Waals surface area contributed by atoms with E-state index in [0.717, 1.165) is 32.0 Å². The lowest BCUT2D eigenvalue weighted by molar-refractivity contribution is -0.111. The topological polar surface area (TPSA) is 50.8 Å². The molecule has 0 saturated carbocycles. The normalized spacial score (nSPS) is 14.9. The summed E-state index contributed by atoms with van der Waals surface area (Å²) in [6.07, 6.45) is 1.23. The number of hydrogen-bond donors (Lipinski definition) is 1. The van der Waals surface area contributed by atoms with Crippen molar-refractivity contribution in [2.24, 2.45) is 0 Å². The van der Waals surface area contributed by atoms with Gasteiger partial charge in [0.2, 0.25) is 5.91 Å². The van der Waals surface area contributed by atoms with Crippen molar-refractivity contribution < 1.29 is 14.3 Å². The van der Waals surface area contributed by atoms with Crippen LogP contribution in [0.4, 0.5) is 11.4 Å². The second kappa shape index (κ2) is 6.24. The first-order chi connectivity index (χ1) is 9.24. The molecule has 102 valence electrons. The van der Waals surface area contributed by atoms with Crippen molar-refractivity contribution in [3.63, 3.8) is 0 Å². The average Bonchev–Trinajstić information content (AvgIpc) is 2.48. The number of hydrogen-bond acceptors (Lipinski definition) is 4. The molecule has 1 aromatic carbocycles. The maximum atomic E-state index is 11.3. The van der Waals surface area contributed by atoms with E-state index in [-0.39, 0.29) is 5.91 Å². The van der Waals surface area contributed by atoms with Gasteiger partial charge in [-0.15, -0.1) is 0 Å². The highest BCUT2D eigenvalue weighted by atomic mass is 16.5. The predicted molar refractivity (Wildman–Crippen MR) is 74.9 cm³/mol. The van der Waals surface area contributed by atoms with E-state index in [4.69, 9.17) is 9.47 Å². The summed E-state index contributed by atoms with van der Waals surface area (Å²) in [6.45, 7) is 6.62. The minimum Gasteiger partial charge on any atom is -0.494 e. The Bertz CT molecular complexity index is 468. The molecule has 19 heavy (non-hydrogen) atoms. The molecule has 2 rings (SSSR count). The maximum absolute atomic E-state index is 11.3. The summed E-state index contributed by atoms with van der Waals surface area (Å²) in [4.78, 5) is 13.6. The van der Waals surface area contributed by atoms with E-state index in [9.17, 15) is 4.79 Å². The molecule has 0 aliphatic carbocycles. The Kier molecular flexibility index (Phi) is 4.41. The van der Waals surface area contributed by atoms with Gasteiger partial charge in [0.05, 0.1) is 26.0 Å². The van der Waals surface area contributed by atoms with Crippen LogP contribution in [0.5, 0.6) is 5.75 Å². The maximum Gasteiger partial charge on any atom is 0.247 e. The van der Waals surface area contributed by atoms with Gasteiger partial charge < -0.3 is 19.7 Å². The third kappa shape index (κ3) is 3.26. The zero-order valence-corrected chi connectivity index (χ0v) is 11.0. The lowest BCUT2D eigenvalue weighted by Crippen LogP contribution is -2.36. The molecule has 1 N–H and O–H groups in total. The zero-order valence-electron chi connectivity index (χ0n) is 11.0. The third-order valence-electron chi connectivity index (χ3n) is 3.00. The lowest BCUT2D eigenvalue weighted by atomic mass is 10.2. The van der Waals surface area contributed by atoms with Crippen molar-refractivity contribution in [1.82, 2.24) is 0 Å². The number of methoxy groups -OCH3 is 1. The highest BCUT2D eigenvalue weighted by molar-refractivity contribution is 6.00. The molecule has 5 nitrogen and oxygen atoms in total. The first-order valence-electron chi connectivity index (χ1n) is 6.18. The van der Waals surface area contributed by atoms with Crippen molar-refractivity contribution in [3.8, 4) is 5.75 Å². The van der Waals surface area contributed by atoms with Crippen LogP contribution in [0.25, 0.3) is 0 Å². The van der Waals surface area contributed by atoms with Crippen molar-refractivity contribution in [2.75, 3.05) is 43.6 Å². The number of morpholine rings is 1. The molecule has 1 aromatic rings. The number of anilines is 2. The molecule has 1 fully saturated rings. The zero-order chi connectivity index (χ0) is 13.7. The van der Waals surface area contributed by atoms with Crippen LogP contribution in [0, 0.1) is 0 Å². The molecule has 1 aliphatic heterocycles. The van der Waals surface area contributed by atoms with Gasteiger partial charge in [0.15, 0.2) is 0 Å². The number of carbonyl (C=O) groups excluding carboxylic acids is 1. The van der Waals surface area contributed by atoms with Gasteiger partial charge in [-0.25, -0.2) is 0 Å². The molecule has 1 aliphatic rings. The number of nitrogens with one attached hydrogen (secondary N) is 1. The summed E-state index contributed by atoms with van der Waals surface area (Å²) < 4.78 is 10.6. The largest absolute Gasteiger partial charge is 0.494 e. The number of nitrogens with zero attached hydrogens (tertiary/aromatic N) is 1. The summed E-state index contributed by atoms with van der Waals surface area (Å²) in [5, 5.41) is 2.72. The summed E-state index contributed by atoms with van der Waals surface area (Å²) in [5.74, 6) is 0.386. The van der Waals surface area contributed by atoms with Crippen LogP contribution in [0.1, 0.15) is 0 Å². The van der Waals surface area contributed by atoms with Crippen LogP contribution in [-0.4, -0.2) is 39.3 Å². The Morgan fingerprint density at radius 2 is 2.21 bits per heavy atom. The Morgan fingerprint density at radius 1 is 1.47 bits per heavy atom. The van der Waals surface area contributed by atoms with Gasteiger partial charge in [-0.2, -0.15) is 0 Å². The Labute approximate surface area is 112 Å². The molecule has 1 heterocycles. The van der Waals surface area contributed by atoms with E-state index in [1.54, 1.807) is 7.11 Å². The minimum atomic E-state index is -0.252. The fourth-order valence-corrected chi connectivity index (χ4v) is 1.99. The standard InChI is InChI=1S/C14H18N2O3/c1-3-14(17)15-12-5-4-11(10-13(12)18-2)16-6-8-19-9-7-16/h3-5,10H,1,6-9H2,2H3,(H,15,17). The van der Waals surface area contributed by atoms with Gasteiger partial charge in [0.1, 0.15) is 5.75 Å². The number of benzene rings is 1. The molecule has 0 atom stereocenters. The van der Waals surface area contributed by atoms with Crippen LogP contribution in [0.15, 0.2) is 30.9 Å². The van der Waals surface area contributed by atoms with Gasteiger partial charge >= 0.3 is 0 Å². The van der Waals surface area contributed by atoms with Crippen LogP contribution in [0.2, 0.25) is 0 Å². The number of amides is 1. The van der Waals surface area contributed by atoms with Gasteiger partial charge in [0.25, 0.3) is 0 Å². The Balaban J connectivity index is 2.19. The SMILES string of the molecule is C=CC(=O)Nc1ccc(N2CCOCC2)cc1OC. The highest BCUT2D eigenvalue weighted by Gasteiger charge is 2.14. The second-order valence-electron chi connectivity index (χ2n) is 4.18. The lowest BCUT2D eigenvalue weighted by Gasteiger charge is -2.29. The summed E-state index contributed by atoms with van der Waals surface area (Å²) in [6, 6.07) is 5.72. The second-order valence-corrected chi connectivity index (χ2v) is 4.18. The predicted octanol–water partition coefficient (Wildman–Crippen LogP) is 1.66. The van der Waals surface area contributed by atoms with Crippen molar-refractivity contribution >= 4 is 17.3 Å². The smallest absolute Gasteiger partial charge is 0.247 e. The van der Waals surface area contributed by atoms with Gasteiger partial charge in [-0.1, -0.05) is 6.58 Å². The van der Waals surface area contributed by atoms with Crippen molar-refractivity contribution in [3.05, 3.63) is 30.9 Å². The van der Waals surface area contributed by atoms with E-state index < -0.39 is 0 Å². The Hall–Kier alpha value is -2.01. The van der Waals surface area contributed by atoms with Gasteiger partial charge in [-0.05, 0) is 18.2 Å². The molecule has 0 spiro atoms. The first kappa shape index (κ1) is 13.4. The molecule has 0 aromatic heterocycles. The fraction of sp³-hybridized carbons (Fsp3) is 0.357. The number of carbonyl (C=O) groups is 1. The van der Waals surface area contributed by atoms with Crippen LogP contribution >= 0.6 is 0 Å². The van der Waals surface area contributed by atoms with Crippen LogP contribution in [-0.2, 0) is 9.53 Å². The van der Waals surface area contributed by atoms with Gasteiger partial charge in [-0.3, -0.25) is 4.79 Å². The third-order valence-corrected chi connectivity index (χ3v) is 3.00. The Morgan fingerprint density at radius 3 is 2.84 bits per heavy atom. The summed E-state index contributed by atoms with van der Waals surface area (Å²) >= 11 is 0. The number of ether oxygens (including phenoxy) is 2. The van der Waals surface area contributed by atoms with Crippen LogP contribution in [0.3, 0.4) is 0 Å². The van der Waals surface area contributed by atoms with E-state index in [2.05, 4.69) is 16.8 Å². The van der Waals surface area contributed by atoms with Crippen molar-refractivity contribution in [1.29, 1.82) is 0 Å². The van der Waals surface area contributed by atoms with Crippen LogP contribution < -0.4 is 15.0 Å². The summed E-state index contributed by atoms with van der Waals surface area (Å²) in [7, 11) is 1.59. The van der Waals surface area contributed by atoms with E-state index >= 15 is 0 Å². The molecule has 1 saturated heterocycles. The monoisotopic (exact) mass is 262 g/mol. The average molecular weight is 262 g/mol. The minimum absolute atomic E-state index is 0.252. The first-order valence-corrected chi connectivity index (χ1v) is 6.18. The summed E-state index contributed by atoms with van der Waals surface area (Å²) in [5.41, 5.74) is 1.71. The van der Waals surface area contributed by atoms with E-state index in [1.165, 1.54) is 6.08 Å². The molecular formula is C14H18N2O3. The highest BCUT2D eigenvalue weighted by Crippen LogP contribution is 2.30. The number of rotatable bonds is 4. The molecular weight excluding hydrogens is 244 g/mol. The van der Waals surface area contributed by atoms with Crippen molar-refractivity contribution in [2.45, 2.75) is 0 Å². The van der Waals surface area contributed by atoms with E-state index in [0.29, 0.717) is 11.4 Å². The molecule has 1 amide bonds. The van der Waals surface area contributed by atoms with E-state index in [1.807, 2.05) is 18.2 Å². The van der Waals surface area contributed by atoms with Gasteiger partial charge in [0, 0.05) is 24.8 Å². The molecule has 0 radical (unpaired) electrons. The quantitative estimate of drug-likeness (QED) is 0.838. The fourth-order valence-electron chi connectivity index (χ4n) is 1.99. The molecule has 5 heteroatoms. The molecule has 0 unspecified atom stereocenters. The molecule has 0 bridgehead atoms.